The number of fused-ring (bicyclic) bond motifs is 1. The van der Waals surface area contributed by atoms with Gasteiger partial charge in [-0.15, -0.1) is 11.8 Å². The van der Waals surface area contributed by atoms with Gasteiger partial charge in [-0.05, 0) is 35.7 Å². The fraction of sp³-hybridized carbons (Fsp3) is 0.190. The first-order valence-corrected chi connectivity index (χ1v) is 10.1. The molecular formula is C21H18ClN3OS. The number of benzene rings is 1. The molecule has 1 aliphatic rings. The Morgan fingerprint density at radius 2 is 2.07 bits per heavy atom. The molecule has 1 aliphatic heterocycles. The van der Waals surface area contributed by atoms with Crippen LogP contribution in [0.25, 0.3) is 11.1 Å². The number of hydrogen-bond acceptors (Lipinski definition) is 4. The average Bonchev–Trinajstić information content (AvgIpc) is 2.70. The predicted molar refractivity (Wildman–Crippen MR) is 110 cm³/mol. The molecular weight excluding hydrogens is 378 g/mol. The second-order valence-electron chi connectivity index (χ2n) is 6.43. The molecule has 4 rings (SSSR count). The number of carbonyl (C=O) groups excluding carboxylic acids is 1. The molecule has 4 nitrogen and oxygen atoms in total. The Morgan fingerprint density at radius 1 is 1.19 bits per heavy atom. The summed E-state index contributed by atoms with van der Waals surface area (Å²) >= 11 is 7.78. The van der Waals surface area contributed by atoms with Crippen molar-refractivity contribution in [3.05, 3.63) is 71.1 Å². The molecule has 0 aliphatic carbocycles. The summed E-state index contributed by atoms with van der Waals surface area (Å²) in [6, 6.07) is 12.0. The molecule has 0 unspecified atom stereocenters. The Hall–Kier alpha value is -2.37. The van der Waals surface area contributed by atoms with E-state index < -0.39 is 0 Å². The molecule has 0 atom stereocenters. The standard InChI is InChI=1S/C21H18ClN3OS/c1-25-19(26)8-7-15-4-2-5-17(20(15)25)16-10-14(11-23-12-16)13-27-21-18(22)6-3-9-24-21/h2-6,9-12H,7-8,13H2,1H3. The van der Waals surface area contributed by atoms with Crippen LogP contribution >= 0.6 is 23.4 Å². The number of aromatic nitrogens is 2. The first-order valence-electron chi connectivity index (χ1n) is 8.69. The van der Waals surface area contributed by atoms with Crippen LogP contribution in [0.1, 0.15) is 17.5 Å². The molecule has 6 heteroatoms. The molecule has 0 N–H and O–H groups in total. The normalized spacial score (nSPS) is 13.6. The van der Waals surface area contributed by atoms with Crippen molar-refractivity contribution >= 4 is 35.0 Å². The third-order valence-corrected chi connectivity index (χ3v) is 6.14. The van der Waals surface area contributed by atoms with E-state index in [2.05, 4.69) is 28.2 Å². The van der Waals surface area contributed by atoms with Gasteiger partial charge in [0.15, 0.2) is 0 Å². The molecule has 27 heavy (non-hydrogen) atoms. The fourth-order valence-corrected chi connectivity index (χ4v) is 4.39. The third-order valence-electron chi connectivity index (χ3n) is 4.64. The number of nitrogens with zero attached hydrogens (tertiary/aromatic N) is 3. The fourth-order valence-electron chi connectivity index (χ4n) is 3.30. The highest BCUT2D eigenvalue weighted by Gasteiger charge is 2.24. The van der Waals surface area contributed by atoms with Gasteiger partial charge in [-0.1, -0.05) is 29.8 Å². The number of pyridine rings is 2. The van der Waals surface area contributed by atoms with Crippen molar-refractivity contribution < 1.29 is 4.79 Å². The smallest absolute Gasteiger partial charge is 0.227 e. The van der Waals surface area contributed by atoms with Gasteiger partial charge in [-0.3, -0.25) is 9.78 Å². The molecule has 3 aromatic rings. The SMILES string of the molecule is CN1C(=O)CCc2cccc(-c3cncc(CSc4ncccc4Cl)c3)c21. The minimum absolute atomic E-state index is 0.152. The van der Waals surface area contributed by atoms with E-state index in [1.54, 1.807) is 22.9 Å². The minimum Gasteiger partial charge on any atom is -0.315 e. The van der Waals surface area contributed by atoms with Crippen molar-refractivity contribution in [1.29, 1.82) is 0 Å². The number of rotatable bonds is 4. The van der Waals surface area contributed by atoms with Crippen LogP contribution < -0.4 is 4.90 Å². The average molecular weight is 396 g/mol. The highest BCUT2D eigenvalue weighted by atomic mass is 35.5. The van der Waals surface area contributed by atoms with Gasteiger partial charge >= 0.3 is 0 Å². The maximum atomic E-state index is 12.2. The van der Waals surface area contributed by atoms with Gasteiger partial charge in [0.05, 0.1) is 10.7 Å². The monoisotopic (exact) mass is 395 g/mol. The van der Waals surface area contributed by atoms with Gasteiger partial charge in [0.25, 0.3) is 0 Å². The second kappa shape index (κ2) is 7.71. The van der Waals surface area contributed by atoms with Gasteiger partial charge < -0.3 is 4.90 Å². The summed E-state index contributed by atoms with van der Waals surface area (Å²) in [5.74, 6) is 0.876. The van der Waals surface area contributed by atoms with E-state index >= 15 is 0 Å². The second-order valence-corrected chi connectivity index (χ2v) is 7.80. The summed E-state index contributed by atoms with van der Waals surface area (Å²) in [7, 11) is 1.85. The van der Waals surface area contributed by atoms with Crippen molar-refractivity contribution in [3.63, 3.8) is 0 Å². The first-order chi connectivity index (χ1) is 13.1. The molecule has 0 radical (unpaired) electrons. The highest BCUT2D eigenvalue weighted by Crippen LogP contribution is 2.37. The molecule has 0 bridgehead atoms. The van der Waals surface area contributed by atoms with Crippen molar-refractivity contribution in [2.75, 3.05) is 11.9 Å². The number of amides is 1. The highest BCUT2D eigenvalue weighted by molar-refractivity contribution is 7.98. The predicted octanol–water partition coefficient (Wildman–Crippen LogP) is 5.00. The lowest BCUT2D eigenvalue weighted by Crippen LogP contribution is -2.31. The summed E-state index contributed by atoms with van der Waals surface area (Å²) in [4.78, 5) is 22.7. The van der Waals surface area contributed by atoms with Gasteiger partial charge in [0.1, 0.15) is 5.03 Å². The summed E-state index contributed by atoms with van der Waals surface area (Å²) in [5.41, 5.74) is 5.33. The molecule has 136 valence electrons. The number of para-hydroxylation sites is 1. The number of halogens is 1. The lowest BCUT2D eigenvalue weighted by atomic mass is 9.94. The van der Waals surface area contributed by atoms with Crippen LogP contribution in [0.5, 0.6) is 0 Å². The van der Waals surface area contributed by atoms with Crippen molar-refractivity contribution in [2.24, 2.45) is 0 Å². The van der Waals surface area contributed by atoms with Crippen LogP contribution in [-0.4, -0.2) is 22.9 Å². The Balaban J connectivity index is 1.64. The number of carbonyl (C=O) groups is 1. The minimum atomic E-state index is 0.152. The van der Waals surface area contributed by atoms with E-state index in [0.717, 1.165) is 39.6 Å². The van der Waals surface area contributed by atoms with E-state index in [4.69, 9.17) is 11.6 Å². The van der Waals surface area contributed by atoms with E-state index in [1.165, 1.54) is 5.56 Å². The molecule has 0 fully saturated rings. The zero-order valence-corrected chi connectivity index (χ0v) is 16.4. The van der Waals surface area contributed by atoms with E-state index in [1.807, 2.05) is 37.6 Å². The maximum absolute atomic E-state index is 12.2. The van der Waals surface area contributed by atoms with Crippen molar-refractivity contribution in [1.82, 2.24) is 9.97 Å². The van der Waals surface area contributed by atoms with Crippen LogP contribution in [0.3, 0.4) is 0 Å². The van der Waals surface area contributed by atoms with Gasteiger partial charge in [-0.2, -0.15) is 0 Å². The van der Waals surface area contributed by atoms with E-state index in [-0.39, 0.29) is 5.91 Å². The lowest BCUT2D eigenvalue weighted by molar-refractivity contribution is -0.118. The van der Waals surface area contributed by atoms with Gasteiger partial charge in [0.2, 0.25) is 5.91 Å². The summed E-state index contributed by atoms with van der Waals surface area (Å²) < 4.78 is 0. The van der Waals surface area contributed by atoms with Crippen LogP contribution in [0.15, 0.2) is 60.0 Å². The quantitative estimate of drug-likeness (QED) is 0.583. The van der Waals surface area contributed by atoms with Crippen molar-refractivity contribution in [3.8, 4) is 11.1 Å². The van der Waals surface area contributed by atoms with E-state index in [0.29, 0.717) is 11.4 Å². The summed E-state index contributed by atoms with van der Waals surface area (Å²) in [6.45, 7) is 0. The Labute approximate surface area is 167 Å². The molecule has 1 aromatic carbocycles. The number of anilines is 1. The number of aryl methyl sites for hydroxylation is 1. The lowest BCUT2D eigenvalue weighted by Gasteiger charge is -2.28. The third kappa shape index (κ3) is 3.70. The molecule has 0 saturated carbocycles. The molecule has 0 spiro atoms. The summed E-state index contributed by atoms with van der Waals surface area (Å²) in [5, 5.41) is 1.47. The van der Waals surface area contributed by atoms with Crippen LogP contribution in [0.4, 0.5) is 5.69 Å². The molecule has 1 amide bonds. The molecule has 3 heterocycles. The Bertz CT molecular complexity index is 1010. The molecule has 2 aromatic heterocycles. The first kappa shape index (κ1) is 18.0. The maximum Gasteiger partial charge on any atom is 0.227 e. The zero-order valence-electron chi connectivity index (χ0n) is 14.9. The van der Waals surface area contributed by atoms with E-state index in [9.17, 15) is 4.79 Å². The van der Waals surface area contributed by atoms with Gasteiger partial charge in [0, 0.05) is 48.9 Å². The Kier molecular flexibility index (Phi) is 5.14. The van der Waals surface area contributed by atoms with Gasteiger partial charge in [-0.25, -0.2) is 4.98 Å². The topological polar surface area (TPSA) is 46.1 Å². The molecule has 0 saturated heterocycles. The largest absolute Gasteiger partial charge is 0.315 e. The zero-order chi connectivity index (χ0) is 18.8. The number of thioether (sulfide) groups is 1. The summed E-state index contributed by atoms with van der Waals surface area (Å²) in [6.07, 6.45) is 6.80. The van der Waals surface area contributed by atoms with Crippen molar-refractivity contribution in [2.45, 2.75) is 23.6 Å². The Morgan fingerprint density at radius 3 is 2.93 bits per heavy atom. The van der Waals surface area contributed by atoms with Crippen LogP contribution in [0, 0.1) is 0 Å². The van der Waals surface area contributed by atoms with Crippen LogP contribution in [-0.2, 0) is 17.0 Å². The number of hydrogen-bond donors (Lipinski definition) is 0. The van der Waals surface area contributed by atoms with Crippen LogP contribution in [0.2, 0.25) is 5.02 Å².